The molecule has 1 unspecified atom stereocenters. The zero-order chi connectivity index (χ0) is 17.5. The van der Waals surface area contributed by atoms with E-state index >= 15 is 0 Å². The molecule has 0 bridgehead atoms. The van der Waals surface area contributed by atoms with Gasteiger partial charge < -0.3 is 10.1 Å². The molecule has 1 saturated heterocycles. The molecule has 132 valence electrons. The minimum atomic E-state index is 0.00726. The van der Waals surface area contributed by atoms with Crippen LogP contribution in [-0.4, -0.2) is 43.6 Å². The van der Waals surface area contributed by atoms with E-state index in [1.54, 1.807) is 0 Å². The third kappa shape index (κ3) is 5.15. The van der Waals surface area contributed by atoms with Crippen molar-refractivity contribution in [3.8, 4) is 0 Å². The summed E-state index contributed by atoms with van der Waals surface area (Å²) in [4.78, 5) is 14.6. The molecule has 4 nitrogen and oxygen atoms in total. The lowest BCUT2D eigenvalue weighted by atomic mass is 10.1. The number of ether oxygens (including phenoxy) is 1. The SMILES string of the molecule is Cc1cccc(C(=O)NCCCN2CCOC(c3ccccc3)C2)c1. The van der Waals surface area contributed by atoms with Gasteiger partial charge in [-0.05, 0) is 31.0 Å². The van der Waals surface area contributed by atoms with Crippen LogP contribution in [0, 0.1) is 6.92 Å². The van der Waals surface area contributed by atoms with E-state index < -0.39 is 0 Å². The number of hydrogen-bond acceptors (Lipinski definition) is 3. The second kappa shape index (κ2) is 8.79. The summed E-state index contributed by atoms with van der Waals surface area (Å²) in [6, 6.07) is 18.1. The van der Waals surface area contributed by atoms with Crippen molar-refractivity contribution in [1.82, 2.24) is 10.2 Å². The van der Waals surface area contributed by atoms with Crippen LogP contribution in [0.15, 0.2) is 54.6 Å². The van der Waals surface area contributed by atoms with Crippen molar-refractivity contribution in [2.24, 2.45) is 0 Å². The molecule has 0 saturated carbocycles. The average molecular weight is 338 g/mol. The fourth-order valence-corrected chi connectivity index (χ4v) is 3.17. The van der Waals surface area contributed by atoms with Gasteiger partial charge in [0.05, 0.1) is 12.7 Å². The molecule has 2 aromatic carbocycles. The van der Waals surface area contributed by atoms with Crippen molar-refractivity contribution in [2.45, 2.75) is 19.4 Å². The van der Waals surface area contributed by atoms with E-state index in [-0.39, 0.29) is 12.0 Å². The van der Waals surface area contributed by atoms with Crippen molar-refractivity contribution < 1.29 is 9.53 Å². The van der Waals surface area contributed by atoms with Gasteiger partial charge in [-0.2, -0.15) is 0 Å². The highest BCUT2D eigenvalue weighted by Crippen LogP contribution is 2.21. The van der Waals surface area contributed by atoms with Gasteiger partial charge in [-0.3, -0.25) is 9.69 Å². The summed E-state index contributed by atoms with van der Waals surface area (Å²) in [7, 11) is 0. The lowest BCUT2D eigenvalue weighted by molar-refractivity contribution is -0.0301. The van der Waals surface area contributed by atoms with Crippen LogP contribution < -0.4 is 5.32 Å². The number of nitrogens with zero attached hydrogens (tertiary/aromatic N) is 1. The Bertz CT molecular complexity index is 687. The highest BCUT2D eigenvalue weighted by Gasteiger charge is 2.21. The minimum Gasteiger partial charge on any atom is -0.371 e. The molecule has 1 aliphatic heterocycles. The van der Waals surface area contributed by atoms with Gasteiger partial charge in [-0.1, -0.05) is 48.0 Å². The van der Waals surface area contributed by atoms with Crippen molar-refractivity contribution in [3.63, 3.8) is 0 Å². The lowest BCUT2D eigenvalue weighted by Gasteiger charge is -2.33. The number of amides is 1. The Kier molecular flexibility index (Phi) is 6.20. The van der Waals surface area contributed by atoms with Gasteiger partial charge in [0, 0.05) is 31.7 Å². The first-order valence-corrected chi connectivity index (χ1v) is 8.96. The molecule has 1 N–H and O–H groups in total. The molecule has 0 radical (unpaired) electrons. The number of aryl methyl sites for hydroxylation is 1. The van der Waals surface area contributed by atoms with Crippen LogP contribution >= 0.6 is 0 Å². The fraction of sp³-hybridized carbons (Fsp3) is 0.381. The smallest absolute Gasteiger partial charge is 0.251 e. The van der Waals surface area contributed by atoms with Crippen LogP contribution in [0.1, 0.15) is 34.0 Å². The Morgan fingerprint density at radius 2 is 2.04 bits per heavy atom. The molecule has 25 heavy (non-hydrogen) atoms. The van der Waals surface area contributed by atoms with Crippen LogP contribution in [-0.2, 0) is 4.74 Å². The first kappa shape index (κ1) is 17.6. The number of nitrogens with one attached hydrogen (secondary N) is 1. The van der Waals surface area contributed by atoms with Gasteiger partial charge in [0.1, 0.15) is 0 Å². The Morgan fingerprint density at radius 3 is 2.84 bits per heavy atom. The Labute approximate surface area is 149 Å². The molecular formula is C21H26N2O2. The van der Waals surface area contributed by atoms with E-state index in [1.165, 1.54) is 5.56 Å². The molecule has 1 heterocycles. The standard InChI is InChI=1S/C21H26N2O2/c1-17-7-5-10-19(15-17)21(24)22-11-6-12-23-13-14-25-20(16-23)18-8-3-2-4-9-18/h2-5,7-10,15,20H,6,11-14,16H2,1H3,(H,22,24). The maximum atomic E-state index is 12.1. The van der Waals surface area contributed by atoms with Crippen LogP contribution in [0.3, 0.4) is 0 Å². The first-order chi connectivity index (χ1) is 12.2. The number of hydrogen-bond donors (Lipinski definition) is 1. The summed E-state index contributed by atoms with van der Waals surface area (Å²) in [5.74, 6) is 0.00726. The van der Waals surface area contributed by atoms with Gasteiger partial charge in [0.2, 0.25) is 0 Å². The molecule has 1 amide bonds. The summed E-state index contributed by atoms with van der Waals surface area (Å²) >= 11 is 0. The van der Waals surface area contributed by atoms with Crippen LogP contribution in [0.4, 0.5) is 0 Å². The van der Waals surface area contributed by atoms with Gasteiger partial charge in [-0.25, -0.2) is 0 Å². The van der Waals surface area contributed by atoms with E-state index in [2.05, 4.69) is 34.5 Å². The average Bonchev–Trinajstić information content (AvgIpc) is 2.66. The van der Waals surface area contributed by atoms with Gasteiger partial charge in [-0.15, -0.1) is 0 Å². The number of morpholine rings is 1. The summed E-state index contributed by atoms with van der Waals surface area (Å²) in [6.45, 7) is 6.29. The fourth-order valence-electron chi connectivity index (χ4n) is 3.17. The van der Waals surface area contributed by atoms with E-state index in [1.807, 2.05) is 37.3 Å². The second-order valence-corrected chi connectivity index (χ2v) is 6.55. The molecule has 0 aliphatic carbocycles. The molecule has 0 aromatic heterocycles. The second-order valence-electron chi connectivity index (χ2n) is 6.55. The van der Waals surface area contributed by atoms with Crippen LogP contribution in [0.2, 0.25) is 0 Å². The van der Waals surface area contributed by atoms with Crippen molar-refractivity contribution in [3.05, 3.63) is 71.3 Å². The number of carbonyl (C=O) groups is 1. The molecule has 0 spiro atoms. The molecule has 2 aromatic rings. The number of benzene rings is 2. The molecule has 4 heteroatoms. The monoisotopic (exact) mass is 338 g/mol. The Balaban J connectivity index is 1.41. The molecular weight excluding hydrogens is 312 g/mol. The van der Waals surface area contributed by atoms with Crippen LogP contribution in [0.25, 0.3) is 0 Å². The minimum absolute atomic E-state index is 0.00726. The van der Waals surface area contributed by atoms with E-state index in [4.69, 9.17) is 4.74 Å². The number of carbonyl (C=O) groups excluding carboxylic acids is 1. The van der Waals surface area contributed by atoms with Crippen LogP contribution in [0.5, 0.6) is 0 Å². The third-order valence-electron chi connectivity index (χ3n) is 4.54. The maximum absolute atomic E-state index is 12.1. The van der Waals surface area contributed by atoms with Gasteiger partial charge in [0.25, 0.3) is 5.91 Å². The van der Waals surface area contributed by atoms with Crippen molar-refractivity contribution in [1.29, 1.82) is 0 Å². The van der Waals surface area contributed by atoms with Gasteiger partial charge >= 0.3 is 0 Å². The zero-order valence-corrected chi connectivity index (χ0v) is 14.8. The Hall–Kier alpha value is -2.17. The van der Waals surface area contributed by atoms with E-state index in [0.29, 0.717) is 6.54 Å². The summed E-state index contributed by atoms with van der Waals surface area (Å²) < 4.78 is 5.90. The predicted octanol–water partition coefficient (Wildman–Crippen LogP) is 3.19. The first-order valence-electron chi connectivity index (χ1n) is 8.96. The molecule has 1 aliphatic rings. The highest BCUT2D eigenvalue weighted by atomic mass is 16.5. The third-order valence-corrected chi connectivity index (χ3v) is 4.54. The van der Waals surface area contributed by atoms with E-state index in [9.17, 15) is 4.79 Å². The summed E-state index contributed by atoms with van der Waals surface area (Å²) in [5, 5.41) is 3.01. The molecule has 1 atom stereocenters. The normalized spacial score (nSPS) is 18.0. The van der Waals surface area contributed by atoms with Crippen molar-refractivity contribution >= 4 is 5.91 Å². The molecule has 3 rings (SSSR count). The maximum Gasteiger partial charge on any atom is 0.251 e. The topological polar surface area (TPSA) is 41.6 Å². The van der Waals surface area contributed by atoms with Gasteiger partial charge in [0.15, 0.2) is 0 Å². The Morgan fingerprint density at radius 1 is 1.20 bits per heavy atom. The number of rotatable bonds is 6. The summed E-state index contributed by atoms with van der Waals surface area (Å²) in [5.41, 5.74) is 3.07. The highest BCUT2D eigenvalue weighted by molar-refractivity contribution is 5.94. The quantitative estimate of drug-likeness (QED) is 0.823. The van der Waals surface area contributed by atoms with Crippen molar-refractivity contribution in [2.75, 3.05) is 32.8 Å². The molecule has 1 fully saturated rings. The summed E-state index contributed by atoms with van der Waals surface area (Å²) in [6.07, 6.45) is 1.09. The predicted molar refractivity (Wildman–Crippen MR) is 99.7 cm³/mol. The zero-order valence-electron chi connectivity index (χ0n) is 14.8. The lowest BCUT2D eigenvalue weighted by Crippen LogP contribution is -2.39. The van der Waals surface area contributed by atoms with E-state index in [0.717, 1.165) is 43.8 Å². The largest absolute Gasteiger partial charge is 0.371 e.